The lowest BCUT2D eigenvalue weighted by Crippen LogP contribution is -2.35. The third-order valence-corrected chi connectivity index (χ3v) is 2.46. The molecule has 1 aliphatic rings. The fraction of sp³-hybridized carbons (Fsp3) is 0.444. The first-order valence-electron chi connectivity index (χ1n) is 4.79. The highest BCUT2D eigenvalue weighted by molar-refractivity contribution is 6.29. The van der Waals surface area contributed by atoms with Crippen molar-refractivity contribution < 1.29 is 4.79 Å². The van der Waals surface area contributed by atoms with Crippen LogP contribution in [0.1, 0.15) is 12.8 Å². The summed E-state index contributed by atoms with van der Waals surface area (Å²) >= 11 is 5.58. The Kier molecular flexibility index (Phi) is 3.13. The van der Waals surface area contributed by atoms with Crippen molar-refractivity contribution in [3.63, 3.8) is 0 Å². The molecule has 1 atom stereocenters. The van der Waals surface area contributed by atoms with Crippen LogP contribution in [0.2, 0.25) is 5.15 Å². The number of hydrogen-bond acceptors (Lipinski definition) is 4. The molecular weight excluding hydrogens is 216 g/mol. The Morgan fingerprint density at radius 2 is 2.40 bits per heavy atom. The van der Waals surface area contributed by atoms with Gasteiger partial charge < -0.3 is 10.6 Å². The van der Waals surface area contributed by atoms with Gasteiger partial charge in [-0.1, -0.05) is 11.6 Å². The monoisotopic (exact) mass is 226 g/mol. The van der Waals surface area contributed by atoms with Crippen LogP contribution in [0, 0.1) is 0 Å². The maximum atomic E-state index is 11.6. The molecule has 2 heterocycles. The number of anilines is 1. The van der Waals surface area contributed by atoms with Gasteiger partial charge in [0.05, 0.1) is 6.04 Å². The fourth-order valence-corrected chi connectivity index (χ4v) is 1.61. The Balaban J connectivity index is 1.96. The molecule has 15 heavy (non-hydrogen) atoms. The summed E-state index contributed by atoms with van der Waals surface area (Å²) in [7, 11) is 0. The maximum absolute atomic E-state index is 11.6. The van der Waals surface area contributed by atoms with Gasteiger partial charge in [-0.05, 0) is 31.5 Å². The SMILES string of the molecule is O=C(Nc1ccc(Cl)nn1)C1CCCN1. The molecule has 2 N–H and O–H groups in total. The minimum Gasteiger partial charge on any atom is -0.308 e. The van der Waals surface area contributed by atoms with Crippen LogP contribution in [0.25, 0.3) is 0 Å². The number of amides is 1. The Morgan fingerprint density at radius 1 is 1.53 bits per heavy atom. The number of nitrogens with zero attached hydrogens (tertiary/aromatic N) is 2. The number of nitrogens with one attached hydrogen (secondary N) is 2. The highest BCUT2D eigenvalue weighted by Crippen LogP contribution is 2.09. The van der Waals surface area contributed by atoms with Gasteiger partial charge in [0, 0.05) is 0 Å². The lowest BCUT2D eigenvalue weighted by Gasteiger charge is -2.09. The average Bonchev–Trinajstić information content (AvgIpc) is 2.74. The number of carbonyl (C=O) groups excluding carboxylic acids is 1. The summed E-state index contributed by atoms with van der Waals surface area (Å²) in [5.74, 6) is 0.363. The topological polar surface area (TPSA) is 66.9 Å². The van der Waals surface area contributed by atoms with Gasteiger partial charge in [0.25, 0.3) is 0 Å². The second-order valence-electron chi connectivity index (χ2n) is 3.38. The van der Waals surface area contributed by atoms with Gasteiger partial charge in [-0.25, -0.2) is 0 Å². The molecular formula is C9H11ClN4O. The van der Waals surface area contributed by atoms with E-state index in [1.807, 2.05) is 0 Å². The smallest absolute Gasteiger partial charge is 0.242 e. The summed E-state index contributed by atoms with van der Waals surface area (Å²) in [4.78, 5) is 11.6. The highest BCUT2D eigenvalue weighted by Gasteiger charge is 2.22. The molecule has 0 spiro atoms. The van der Waals surface area contributed by atoms with Crippen LogP contribution in [0.3, 0.4) is 0 Å². The fourth-order valence-electron chi connectivity index (χ4n) is 1.50. The standard InChI is InChI=1S/C9H11ClN4O/c10-7-3-4-8(14-13-7)12-9(15)6-2-1-5-11-6/h3-4,6,11H,1-2,5H2,(H,12,14,15). The average molecular weight is 227 g/mol. The summed E-state index contributed by atoms with van der Waals surface area (Å²) in [6.07, 6.45) is 1.90. The van der Waals surface area contributed by atoms with Crippen molar-refractivity contribution in [2.75, 3.05) is 11.9 Å². The van der Waals surface area contributed by atoms with E-state index in [0.29, 0.717) is 11.0 Å². The zero-order chi connectivity index (χ0) is 10.7. The molecule has 1 aromatic rings. The van der Waals surface area contributed by atoms with Crippen LogP contribution >= 0.6 is 11.6 Å². The summed E-state index contributed by atoms with van der Waals surface area (Å²) < 4.78 is 0. The quantitative estimate of drug-likeness (QED) is 0.784. The lowest BCUT2D eigenvalue weighted by atomic mass is 10.2. The molecule has 2 rings (SSSR count). The molecule has 1 aromatic heterocycles. The van der Waals surface area contributed by atoms with Crippen LogP contribution in [-0.4, -0.2) is 28.7 Å². The van der Waals surface area contributed by atoms with Gasteiger partial charge in [0.1, 0.15) is 0 Å². The van der Waals surface area contributed by atoms with Crippen molar-refractivity contribution in [2.24, 2.45) is 0 Å². The highest BCUT2D eigenvalue weighted by atomic mass is 35.5. The summed E-state index contributed by atoms with van der Waals surface area (Å²) in [6, 6.07) is 3.11. The van der Waals surface area contributed by atoms with E-state index in [4.69, 9.17) is 11.6 Å². The molecule has 5 nitrogen and oxygen atoms in total. The van der Waals surface area contributed by atoms with Gasteiger partial charge in [-0.2, -0.15) is 0 Å². The first-order chi connectivity index (χ1) is 7.25. The Bertz CT molecular complexity index is 348. The van der Waals surface area contributed by atoms with Crippen molar-refractivity contribution in [3.05, 3.63) is 17.3 Å². The molecule has 0 radical (unpaired) electrons. The van der Waals surface area contributed by atoms with E-state index in [9.17, 15) is 4.79 Å². The van der Waals surface area contributed by atoms with E-state index < -0.39 is 0 Å². The van der Waals surface area contributed by atoms with Crippen LogP contribution in [0.4, 0.5) is 5.82 Å². The zero-order valence-electron chi connectivity index (χ0n) is 8.03. The van der Waals surface area contributed by atoms with Crippen molar-refractivity contribution in [2.45, 2.75) is 18.9 Å². The molecule has 0 bridgehead atoms. The largest absolute Gasteiger partial charge is 0.308 e. The summed E-state index contributed by atoms with van der Waals surface area (Å²) in [6.45, 7) is 0.893. The molecule has 1 saturated heterocycles. The molecule has 1 aliphatic heterocycles. The van der Waals surface area contributed by atoms with Crippen LogP contribution in [-0.2, 0) is 4.79 Å². The predicted octanol–water partition coefficient (Wildman–Crippen LogP) is 0.821. The Labute approximate surface area is 92.2 Å². The zero-order valence-corrected chi connectivity index (χ0v) is 8.79. The van der Waals surface area contributed by atoms with Gasteiger partial charge in [-0.3, -0.25) is 4.79 Å². The van der Waals surface area contributed by atoms with Crippen molar-refractivity contribution in [1.29, 1.82) is 0 Å². The minimum atomic E-state index is -0.109. The number of carbonyl (C=O) groups is 1. The van der Waals surface area contributed by atoms with E-state index in [-0.39, 0.29) is 11.9 Å². The van der Waals surface area contributed by atoms with Crippen molar-refractivity contribution in [1.82, 2.24) is 15.5 Å². The molecule has 80 valence electrons. The summed E-state index contributed by atoms with van der Waals surface area (Å²) in [5, 5.41) is 13.5. The first-order valence-corrected chi connectivity index (χ1v) is 5.17. The Morgan fingerprint density at radius 3 is 3.00 bits per heavy atom. The first kappa shape index (κ1) is 10.3. The molecule has 1 unspecified atom stereocenters. The molecule has 6 heteroatoms. The van der Waals surface area contributed by atoms with Crippen LogP contribution in [0.5, 0.6) is 0 Å². The van der Waals surface area contributed by atoms with Gasteiger partial charge in [0.2, 0.25) is 5.91 Å². The number of aromatic nitrogens is 2. The normalized spacial score (nSPS) is 20.2. The second-order valence-corrected chi connectivity index (χ2v) is 3.77. The van der Waals surface area contributed by atoms with Crippen molar-refractivity contribution >= 4 is 23.3 Å². The molecule has 0 aromatic carbocycles. The number of hydrogen-bond donors (Lipinski definition) is 2. The summed E-state index contributed by atoms with van der Waals surface area (Å²) in [5.41, 5.74) is 0. The van der Waals surface area contributed by atoms with E-state index in [0.717, 1.165) is 19.4 Å². The molecule has 1 fully saturated rings. The number of rotatable bonds is 2. The third kappa shape index (κ3) is 2.64. The van der Waals surface area contributed by atoms with Gasteiger partial charge in [-0.15, -0.1) is 10.2 Å². The van der Waals surface area contributed by atoms with Crippen LogP contribution in [0.15, 0.2) is 12.1 Å². The van der Waals surface area contributed by atoms with E-state index in [2.05, 4.69) is 20.8 Å². The van der Waals surface area contributed by atoms with Crippen LogP contribution < -0.4 is 10.6 Å². The van der Waals surface area contributed by atoms with E-state index in [1.165, 1.54) is 0 Å². The number of halogens is 1. The third-order valence-electron chi connectivity index (χ3n) is 2.26. The molecule has 0 saturated carbocycles. The molecule has 0 aliphatic carbocycles. The van der Waals surface area contributed by atoms with E-state index >= 15 is 0 Å². The van der Waals surface area contributed by atoms with Gasteiger partial charge >= 0.3 is 0 Å². The Hall–Kier alpha value is -1.20. The maximum Gasteiger partial charge on any atom is 0.242 e. The second kappa shape index (κ2) is 4.55. The lowest BCUT2D eigenvalue weighted by molar-refractivity contribution is -0.117. The minimum absolute atomic E-state index is 0.0656. The molecule has 1 amide bonds. The van der Waals surface area contributed by atoms with E-state index in [1.54, 1.807) is 12.1 Å². The predicted molar refractivity (Wildman–Crippen MR) is 56.7 cm³/mol. The van der Waals surface area contributed by atoms with Crippen molar-refractivity contribution in [3.8, 4) is 0 Å². The van der Waals surface area contributed by atoms with Gasteiger partial charge in [0.15, 0.2) is 11.0 Å².